The molecule has 3 heterocycles. The van der Waals surface area contributed by atoms with Crippen molar-refractivity contribution in [1.82, 2.24) is 15.0 Å². The van der Waals surface area contributed by atoms with E-state index in [0.29, 0.717) is 16.6 Å². The van der Waals surface area contributed by atoms with Crippen LogP contribution in [-0.2, 0) is 20.2 Å². The Hall–Kier alpha value is -5.29. The van der Waals surface area contributed by atoms with Crippen molar-refractivity contribution in [2.45, 2.75) is 9.79 Å². The van der Waals surface area contributed by atoms with Crippen molar-refractivity contribution in [3.63, 3.8) is 0 Å². The van der Waals surface area contributed by atoms with Crippen LogP contribution in [0.1, 0.15) is 0 Å². The maximum Gasteiger partial charge on any atom is 0.295 e. The van der Waals surface area contributed by atoms with Gasteiger partial charge < -0.3 is 5.11 Å². The Morgan fingerprint density at radius 3 is 1.56 bits per heavy atom. The molecule has 0 aliphatic rings. The number of phenolic OH excluding ortho intramolecular Hbond substituents is 1. The summed E-state index contributed by atoms with van der Waals surface area (Å²) >= 11 is 0. The van der Waals surface area contributed by atoms with Crippen LogP contribution in [0.2, 0.25) is 0 Å². The van der Waals surface area contributed by atoms with Crippen LogP contribution in [0.4, 0.5) is 22.7 Å². The van der Waals surface area contributed by atoms with E-state index in [0.717, 1.165) is 6.07 Å². The predicted octanol–water partition coefficient (Wildman–Crippen LogP) is 6.36. The Labute approximate surface area is 242 Å². The Kier molecular flexibility index (Phi) is 6.82. The van der Waals surface area contributed by atoms with E-state index in [4.69, 9.17) is 0 Å². The number of aromatic nitrogens is 3. The van der Waals surface area contributed by atoms with Gasteiger partial charge in [0.1, 0.15) is 32.4 Å². The van der Waals surface area contributed by atoms with Crippen molar-refractivity contribution in [2.75, 3.05) is 0 Å². The van der Waals surface area contributed by atoms with E-state index < -0.39 is 30.9 Å². The van der Waals surface area contributed by atoms with Gasteiger partial charge in [-0.25, -0.2) is 0 Å². The molecular formula is C27H17N7O7S2. The third-order valence-corrected chi connectivity index (χ3v) is 8.13. The van der Waals surface area contributed by atoms with Crippen molar-refractivity contribution >= 4 is 75.7 Å². The predicted molar refractivity (Wildman–Crippen MR) is 155 cm³/mol. The molecule has 0 radical (unpaired) electrons. The molecule has 0 saturated carbocycles. The molecule has 43 heavy (non-hydrogen) atoms. The monoisotopic (exact) mass is 615 g/mol. The fraction of sp³-hybridized carbons (Fsp3) is 0. The Balaban J connectivity index is 1.42. The average molecular weight is 616 g/mol. The third-order valence-electron chi connectivity index (χ3n) is 6.33. The Morgan fingerprint density at radius 2 is 0.953 bits per heavy atom. The summed E-state index contributed by atoms with van der Waals surface area (Å²) in [7, 11) is -9.18. The summed E-state index contributed by atoms with van der Waals surface area (Å²) in [5.74, 6) is -0.435. The molecule has 0 amide bonds. The van der Waals surface area contributed by atoms with Gasteiger partial charge in [-0.05, 0) is 66.7 Å². The van der Waals surface area contributed by atoms with E-state index in [-0.39, 0.29) is 43.8 Å². The summed E-state index contributed by atoms with van der Waals surface area (Å²) in [6, 6.07) is 15.9. The van der Waals surface area contributed by atoms with Gasteiger partial charge in [0.05, 0.1) is 16.7 Å². The van der Waals surface area contributed by atoms with Gasteiger partial charge in [0.15, 0.2) is 5.75 Å². The highest BCUT2D eigenvalue weighted by Gasteiger charge is 2.21. The summed E-state index contributed by atoms with van der Waals surface area (Å²) < 4.78 is 66.9. The van der Waals surface area contributed by atoms with Crippen LogP contribution in [0.3, 0.4) is 0 Å². The van der Waals surface area contributed by atoms with Crippen LogP contribution in [0.5, 0.6) is 5.75 Å². The first-order valence-corrected chi connectivity index (χ1v) is 15.0. The molecule has 0 aliphatic carbocycles. The van der Waals surface area contributed by atoms with Gasteiger partial charge in [-0.3, -0.25) is 24.1 Å². The first-order valence-electron chi connectivity index (χ1n) is 12.2. The van der Waals surface area contributed by atoms with E-state index in [1.165, 1.54) is 61.1 Å². The van der Waals surface area contributed by atoms with Gasteiger partial charge in [0, 0.05) is 34.7 Å². The fourth-order valence-electron chi connectivity index (χ4n) is 4.44. The van der Waals surface area contributed by atoms with Crippen LogP contribution in [0.25, 0.3) is 32.7 Å². The number of hydrogen-bond donors (Lipinski definition) is 3. The van der Waals surface area contributed by atoms with Crippen molar-refractivity contribution in [3.8, 4) is 5.75 Å². The minimum absolute atomic E-state index is 0.0129. The normalized spacial score (nSPS) is 12.7. The number of benzene rings is 3. The van der Waals surface area contributed by atoms with Crippen LogP contribution in [0.15, 0.2) is 116 Å². The smallest absolute Gasteiger partial charge is 0.295 e. The molecule has 3 aromatic carbocycles. The second kappa shape index (κ2) is 10.5. The second-order valence-corrected chi connectivity index (χ2v) is 11.8. The van der Waals surface area contributed by atoms with Gasteiger partial charge in [-0.1, -0.05) is 0 Å². The van der Waals surface area contributed by atoms with E-state index in [2.05, 4.69) is 35.4 Å². The maximum atomic E-state index is 12.0. The fourth-order valence-corrected chi connectivity index (χ4v) is 5.82. The number of azo groups is 2. The second-order valence-electron chi connectivity index (χ2n) is 8.98. The van der Waals surface area contributed by atoms with E-state index in [1.54, 1.807) is 18.2 Å². The van der Waals surface area contributed by atoms with Crippen molar-refractivity contribution in [1.29, 1.82) is 0 Å². The first-order chi connectivity index (χ1) is 20.5. The Bertz CT molecular complexity index is 2380. The molecule has 0 spiro atoms. The number of aromatic hydroxyl groups is 1. The van der Waals surface area contributed by atoms with Crippen LogP contribution < -0.4 is 0 Å². The highest BCUT2D eigenvalue weighted by molar-refractivity contribution is 7.86. The molecule has 0 atom stereocenters. The van der Waals surface area contributed by atoms with Crippen molar-refractivity contribution in [3.05, 3.63) is 85.3 Å². The molecule has 3 aromatic heterocycles. The molecule has 16 heteroatoms. The number of nitrogens with zero attached hydrogens (tertiary/aromatic N) is 7. The Morgan fingerprint density at radius 1 is 0.512 bits per heavy atom. The van der Waals surface area contributed by atoms with Crippen molar-refractivity contribution < 1.29 is 31.0 Å². The van der Waals surface area contributed by atoms with E-state index in [1.807, 2.05) is 0 Å². The number of hydrogen-bond acceptors (Lipinski definition) is 12. The number of pyridine rings is 3. The van der Waals surface area contributed by atoms with Gasteiger partial charge in [0.2, 0.25) is 0 Å². The number of phenols is 1. The number of fused-ring (bicyclic) bond motifs is 3. The van der Waals surface area contributed by atoms with Crippen LogP contribution in [0, 0.1) is 0 Å². The van der Waals surface area contributed by atoms with Crippen LogP contribution >= 0.6 is 0 Å². The highest BCUT2D eigenvalue weighted by atomic mass is 32.2. The molecule has 0 bridgehead atoms. The molecule has 0 aliphatic heterocycles. The number of rotatable bonds is 6. The molecule has 3 N–H and O–H groups in total. The maximum absolute atomic E-state index is 12.0. The summed E-state index contributed by atoms with van der Waals surface area (Å²) in [4.78, 5) is 11.8. The van der Waals surface area contributed by atoms with Gasteiger partial charge in [-0.15, -0.1) is 20.5 Å². The average Bonchev–Trinajstić information content (AvgIpc) is 2.98. The molecule has 6 aromatic rings. The lowest BCUT2D eigenvalue weighted by atomic mass is 10.1. The van der Waals surface area contributed by atoms with Crippen LogP contribution in [-0.4, -0.2) is 46.0 Å². The summed E-state index contributed by atoms with van der Waals surface area (Å²) in [5.41, 5.74) is 1.09. The zero-order valence-electron chi connectivity index (χ0n) is 21.5. The summed E-state index contributed by atoms with van der Waals surface area (Å²) in [6.45, 7) is 0. The van der Waals surface area contributed by atoms with Gasteiger partial charge in [0.25, 0.3) is 20.2 Å². The molecule has 0 unspecified atom stereocenters. The minimum atomic E-state index is -4.68. The first kappa shape index (κ1) is 27.9. The summed E-state index contributed by atoms with van der Waals surface area (Å²) in [6.07, 6.45) is 4.32. The molecule has 0 fully saturated rings. The third kappa shape index (κ3) is 5.26. The van der Waals surface area contributed by atoms with Gasteiger partial charge >= 0.3 is 0 Å². The van der Waals surface area contributed by atoms with Gasteiger partial charge in [-0.2, -0.15) is 16.8 Å². The quantitative estimate of drug-likeness (QED) is 0.139. The lowest BCUT2D eigenvalue weighted by Crippen LogP contribution is -1.99. The standard InChI is InChI=1S/C27H17N7O7S2/c35-27-21(14-23(43(39,40)41)17-6-3-13-30-26(17)27)34-33-19-8-7-18(15-4-1-11-28-24(15)19)31-32-20-9-10-22(42(36,37)38)16-5-2-12-29-25(16)20/h1-14,35H,(H,36,37,38)(H,39,40,41). The zero-order chi connectivity index (χ0) is 30.4. The lowest BCUT2D eigenvalue weighted by Gasteiger charge is -2.08. The topological polar surface area (TPSA) is 217 Å². The summed E-state index contributed by atoms with van der Waals surface area (Å²) in [5, 5.41) is 28.2. The zero-order valence-corrected chi connectivity index (χ0v) is 23.1. The lowest BCUT2D eigenvalue weighted by molar-refractivity contribution is 0.478. The molecule has 214 valence electrons. The molecule has 6 rings (SSSR count). The highest BCUT2D eigenvalue weighted by Crippen LogP contribution is 2.40. The molecule has 0 saturated heterocycles. The minimum Gasteiger partial charge on any atom is -0.504 e. The molecule has 14 nitrogen and oxygen atoms in total. The van der Waals surface area contributed by atoms with E-state index in [9.17, 15) is 31.0 Å². The SMILES string of the molecule is O=S(=O)(O)c1ccc(N=Nc2ccc(N=Nc3cc(S(=O)(=O)O)c4cccnc4c3O)c3ncccc23)c2ncccc12. The van der Waals surface area contributed by atoms with Crippen molar-refractivity contribution in [2.24, 2.45) is 20.5 Å². The largest absolute Gasteiger partial charge is 0.504 e. The molecular weight excluding hydrogens is 598 g/mol. The van der Waals surface area contributed by atoms with E-state index >= 15 is 0 Å².